The second-order valence-electron chi connectivity index (χ2n) is 6.64. The molecule has 28 heavy (non-hydrogen) atoms. The molecule has 0 saturated heterocycles. The highest BCUT2D eigenvalue weighted by atomic mass is 35.5. The molecule has 2 heterocycles. The topological polar surface area (TPSA) is 88.6 Å². The molecule has 0 fully saturated rings. The summed E-state index contributed by atoms with van der Waals surface area (Å²) < 4.78 is 6.52. The van der Waals surface area contributed by atoms with Crippen LogP contribution in [0.15, 0.2) is 52.1 Å². The van der Waals surface area contributed by atoms with E-state index in [2.05, 4.69) is 5.16 Å². The van der Waals surface area contributed by atoms with Crippen LogP contribution in [0.2, 0.25) is 5.02 Å². The zero-order chi connectivity index (χ0) is 20.0. The van der Waals surface area contributed by atoms with Crippen molar-refractivity contribution in [2.24, 2.45) is 0 Å². The molecule has 142 valence electrons. The van der Waals surface area contributed by atoms with E-state index in [1.807, 2.05) is 0 Å². The van der Waals surface area contributed by atoms with Gasteiger partial charge in [-0.2, -0.15) is 0 Å². The molecule has 0 aliphatic carbocycles. The average Bonchev–Trinajstić information content (AvgIpc) is 3.18. The number of carboxylic acid groups (broad SMARTS) is 1. The molecule has 2 aromatic carbocycles. The van der Waals surface area contributed by atoms with Crippen LogP contribution >= 0.6 is 11.6 Å². The number of benzene rings is 2. The third-order valence-corrected chi connectivity index (χ3v) is 4.96. The maximum atomic E-state index is 13.2. The Morgan fingerprint density at radius 1 is 1.21 bits per heavy atom. The predicted octanol–water partition coefficient (Wildman–Crippen LogP) is 3.61. The lowest BCUT2D eigenvalue weighted by Crippen LogP contribution is -2.19. The van der Waals surface area contributed by atoms with Crippen LogP contribution in [0.1, 0.15) is 0 Å². The molecule has 0 amide bonds. The van der Waals surface area contributed by atoms with Crippen LogP contribution < -0.4 is 10.3 Å². The minimum atomic E-state index is -1.02. The summed E-state index contributed by atoms with van der Waals surface area (Å²) in [5.74, 6) is -1.02. The molecular weight excluding hydrogens is 382 g/mol. The number of rotatable bonds is 4. The minimum Gasteiger partial charge on any atom is -0.480 e. The zero-order valence-corrected chi connectivity index (χ0v) is 15.9. The number of carboxylic acids is 1. The van der Waals surface area contributed by atoms with Gasteiger partial charge in [0.2, 0.25) is 0 Å². The van der Waals surface area contributed by atoms with E-state index in [4.69, 9.17) is 16.1 Å². The number of fused-ring (bicyclic) bond motifs is 2. The van der Waals surface area contributed by atoms with E-state index in [0.717, 1.165) is 11.1 Å². The Morgan fingerprint density at radius 3 is 2.61 bits per heavy atom. The van der Waals surface area contributed by atoms with Gasteiger partial charge < -0.3 is 19.1 Å². The first-order chi connectivity index (χ1) is 13.4. The Kier molecular flexibility index (Phi) is 4.31. The van der Waals surface area contributed by atoms with Crippen molar-refractivity contribution in [3.8, 4) is 11.1 Å². The summed E-state index contributed by atoms with van der Waals surface area (Å²) in [6.07, 6.45) is 3.05. The molecule has 0 unspecified atom stereocenters. The third-order valence-electron chi connectivity index (χ3n) is 4.66. The maximum absolute atomic E-state index is 13.2. The first kappa shape index (κ1) is 18.1. The number of hydrogen-bond donors (Lipinski definition) is 1. The molecular formula is C20H16ClN3O4. The molecule has 7 nitrogen and oxygen atoms in total. The number of aromatic nitrogens is 2. The van der Waals surface area contributed by atoms with Gasteiger partial charge in [-0.1, -0.05) is 22.8 Å². The lowest BCUT2D eigenvalue weighted by molar-refractivity contribution is -0.137. The normalized spacial score (nSPS) is 11.2. The highest BCUT2D eigenvalue weighted by molar-refractivity contribution is 6.35. The van der Waals surface area contributed by atoms with Gasteiger partial charge in [-0.15, -0.1) is 0 Å². The van der Waals surface area contributed by atoms with Crippen molar-refractivity contribution in [2.75, 3.05) is 19.0 Å². The van der Waals surface area contributed by atoms with E-state index in [1.54, 1.807) is 60.1 Å². The SMILES string of the molecule is CN(C)c1c(Cl)ccc2c(=O)c3ccc(-c4cnoc4)cc3n(CC(=O)O)c12. The van der Waals surface area contributed by atoms with Crippen molar-refractivity contribution in [1.29, 1.82) is 0 Å². The van der Waals surface area contributed by atoms with Gasteiger partial charge in [0.05, 0.1) is 27.9 Å². The van der Waals surface area contributed by atoms with Crippen molar-refractivity contribution in [2.45, 2.75) is 6.54 Å². The number of hydrogen-bond acceptors (Lipinski definition) is 5. The molecule has 0 aliphatic rings. The minimum absolute atomic E-state index is 0.178. The molecule has 0 spiro atoms. The first-order valence-corrected chi connectivity index (χ1v) is 8.84. The van der Waals surface area contributed by atoms with Gasteiger partial charge in [0, 0.05) is 30.4 Å². The molecule has 0 aliphatic heterocycles. The van der Waals surface area contributed by atoms with Crippen molar-refractivity contribution < 1.29 is 14.4 Å². The van der Waals surface area contributed by atoms with E-state index < -0.39 is 5.97 Å². The molecule has 0 atom stereocenters. The Bertz CT molecular complexity index is 1280. The van der Waals surface area contributed by atoms with Crippen LogP contribution in [0.25, 0.3) is 32.9 Å². The highest BCUT2D eigenvalue weighted by Crippen LogP contribution is 2.35. The van der Waals surface area contributed by atoms with Crippen molar-refractivity contribution in [1.82, 2.24) is 9.72 Å². The van der Waals surface area contributed by atoms with Crippen LogP contribution in [-0.2, 0) is 11.3 Å². The van der Waals surface area contributed by atoms with Gasteiger partial charge in [0.25, 0.3) is 0 Å². The van der Waals surface area contributed by atoms with Crippen LogP contribution in [0.4, 0.5) is 5.69 Å². The second-order valence-corrected chi connectivity index (χ2v) is 7.05. The van der Waals surface area contributed by atoms with E-state index >= 15 is 0 Å². The third kappa shape index (κ3) is 2.80. The molecule has 4 rings (SSSR count). The van der Waals surface area contributed by atoms with Crippen LogP contribution in [0.5, 0.6) is 0 Å². The number of halogens is 1. The van der Waals surface area contributed by atoms with E-state index in [1.165, 1.54) is 6.26 Å². The molecule has 8 heteroatoms. The number of nitrogens with zero attached hydrogens (tertiary/aromatic N) is 3. The standard InChI is InChI=1S/C20H16ClN3O4/c1-23(2)19-15(21)6-5-14-18(19)24(9-17(25)26)16-7-11(12-8-22-28-10-12)3-4-13(16)20(14)27/h3-8,10H,9H2,1-2H3,(H,25,26). The summed E-state index contributed by atoms with van der Waals surface area (Å²) in [5, 5.41) is 14.5. The van der Waals surface area contributed by atoms with E-state index in [9.17, 15) is 14.7 Å². The van der Waals surface area contributed by atoms with Gasteiger partial charge >= 0.3 is 5.97 Å². The predicted molar refractivity (Wildman–Crippen MR) is 108 cm³/mol. The average molecular weight is 398 g/mol. The summed E-state index contributed by atoms with van der Waals surface area (Å²) in [7, 11) is 3.60. The monoisotopic (exact) mass is 397 g/mol. The van der Waals surface area contributed by atoms with Crippen molar-refractivity contribution in [3.05, 3.63) is 58.0 Å². The fraction of sp³-hybridized carbons (Fsp3) is 0.150. The van der Waals surface area contributed by atoms with Crippen molar-refractivity contribution >= 4 is 45.1 Å². The molecule has 1 N–H and O–H groups in total. The largest absolute Gasteiger partial charge is 0.480 e. The van der Waals surface area contributed by atoms with Crippen molar-refractivity contribution in [3.63, 3.8) is 0 Å². The Labute approximate surface area is 164 Å². The number of carbonyl (C=O) groups is 1. The Balaban J connectivity index is 2.21. The fourth-order valence-corrected chi connectivity index (χ4v) is 3.80. The first-order valence-electron chi connectivity index (χ1n) is 8.46. The van der Waals surface area contributed by atoms with Gasteiger partial charge in [0.1, 0.15) is 12.8 Å². The smallest absolute Gasteiger partial charge is 0.323 e. The summed E-state index contributed by atoms with van der Waals surface area (Å²) in [4.78, 5) is 26.6. The van der Waals surface area contributed by atoms with Gasteiger partial charge in [0.15, 0.2) is 5.43 Å². The summed E-state index contributed by atoms with van der Waals surface area (Å²) in [5.41, 5.74) is 2.90. The van der Waals surface area contributed by atoms with Gasteiger partial charge in [-0.25, -0.2) is 0 Å². The number of anilines is 1. The molecule has 0 bridgehead atoms. The fourth-order valence-electron chi connectivity index (χ4n) is 3.48. The molecule has 0 radical (unpaired) electrons. The van der Waals surface area contributed by atoms with Crippen LogP contribution in [-0.4, -0.2) is 34.9 Å². The maximum Gasteiger partial charge on any atom is 0.323 e. The Hall–Kier alpha value is -3.32. The molecule has 0 saturated carbocycles. The lowest BCUT2D eigenvalue weighted by Gasteiger charge is -2.22. The summed E-state index contributed by atoms with van der Waals surface area (Å²) >= 11 is 6.40. The van der Waals surface area contributed by atoms with Crippen LogP contribution in [0.3, 0.4) is 0 Å². The van der Waals surface area contributed by atoms with Crippen LogP contribution in [0, 0.1) is 0 Å². The second kappa shape index (κ2) is 6.69. The summed E-state index contributed by atoms with van der Waals surface area (Å²) in [6.45, 7) is -0.318. The van der Waals surface area contributed by atoms with E-state index in [0.29, 0.717) is 32.5 Å². The van der Waals surface area contributed by atoms with Gasteiger partial charge in [-0.3, -0.25) is 9.59 Å². The highest BCUT2D eigenvalue weighted by Gasteiger charge is 2.19. The number of aliphatic carboxylic acids is 1. The quantitative estimate of drug-likeness (QED) is 0.529. The lowest BCUT2D eigenvalue weighted by atomic mass is 10.0. The Morgan fingerprint density at radius 2 is 1.96 bits per heavy atom. The molecule has 2 aromatic heterocycles. The van der Waals surface area contributed by atoms with Gasteiger partial charge in [-0.05, 0) is 29.8 Å². The zero-order valence-electron chi connectivity index (χ0n) is 15.1. The summed E-state index contributed by atoms with van der Waals surface area (Å²) in [6, 6.07) is 8.55. The number of pyridine rings is 1. The van der Waals surface area contributed by atoms with E-state index in [-0.39, 0.29) is 12.0 Å². The molecule has 4 aromatic rings.